The van der Waals surface area contributed by atoms with Crippen molar-refractivity contribution in [1.29, 1.82) is 0 Å². The number of amides is 1. The van der Waals surface area contributed by atoms with Gasteiger partial charge < -0.3 is 9.64 Å². The molecule has 2 aromatic rings. The molecule has 0 spiro atoms. The van der Waals surface area contributed by atoms with Crippen molar-refractivity contribution in [3.8, 4) is 11.3 Å². The SMILES string of the molecule is O=C(c1[nH]nc2c1CS(O)(O)c1ccccc1-2)N1CCOCC1. The largest absolute Gasteiger partial charge is 0.378 e. The molecule has 2 aliphatic rings. The van der Waals surface area contributed by atoms with E-state index >= 15 is 0 Å². The molecule has 122 valence electrons. The van der Waals surface area contributed by atoms with Gasteiger partial charge in [0.2, 0.25) is 0 Å². The molecule has 23 heavy (non-hydrogen) atoms. The Morgan fingerprint density at radius 3 is 2.78 bits per heavy atom. The first-order chi connectivity index (χ1) is 11.1. The van der Waals surface area contributed by atoms with E-state index in [2.05, 4.69) is 10.2 Å². The molecule has 1 aromatic heterocycles. The van der Waals surface area contributed by atoms with Gasteiger partial charge in [0.15, 0.2) is 0 Å². The minimum absolute atomic E-state index is 0.0151. The van der Waals surface area contributed by atoms with Crippen LogP contribution in [0.25, 0.3) is 11.3 Å². The monoisotopic (exact) mass is 335 g/mol. The van der Waals surface area contributed by atoms with Crippen LogP contribution >= 0.6 is 10.6 Å². The van der Waals surface area contributed by atoms with Gasteiger partial charge in [0.25, 0.3) is 5.91 Å². The molecule has 8 heteroatoms. The third-order valence-corrected chi connectivity index (χ3v) is 5.97. The van der Waals surface area contributed by atoms with Crippen molar-refractivity contribution >= 4 is 16.5 Å². The fourth-order valence-electron chi connectivity index (χ4n) is 3.06. The topological polar surface area (TPSA) is 98.7 Å². The number of fused-ring (bicyclic) bond motifs is 3. The van der Waals surface area contributed by atoms with Crippen LogP contribution in [0.2, 0.25) is 0 Å². The van der Waals surface area contributed by atoms with E-state index in [1.807, 2.05) is 6.07 Å². The molecule has 3 N–H and O–H groups in total. The number of carbonyl (C=O) groups is 1. The van der Waals surface area contributed by atoms with E-state index in [1.165, 1.54) is 0 Å². The van der Waals surface area contributed by atoms with Crippen LogP contribution < -0.4 is 0 Å². The maximum absolute atomic E-state index is 12.7. The van der Waals surface area contributed by atoms with Crippen molar-refractivity contribution in [2.45, 2.75) is 10.6 Å². The molecule has 4 rings (SSSR count). The fraction of sp³-hybridized carbons (Fsp3) is 0.333. The second-order valence-corrected chi connectivity index (χ2v) is 7.70. The first-order valence-corrected chi connectivity index (χ1v) is 9.09. The normalized spacial score (nSPS) is 20.5. The summed E-state index contributed by atoms with van der Waals surface area (Å²) in [7, 11) is -2.97. The van der Waals surface area contributed by atoms with Gasteiger partial charge in [-0.2, -0.15) is 15.7 Å². The highest BCUT2D eigenvalue weighted by atomic mass is 32.3. The van der Waals surface area contributed by atoms with Gasteiger partial charge in [0, 0.05) is 24.2 Å². The Morgan fingerprint density at radius 2 is 2.00 bits per heavy atom. The van der Waals surface area contributed by atoms with E-state index in [1.54, 1.807) is 23.1 Å². The van der Waals surface area contributed by atoms with Crippen molar-refractivity contribution < 1.29 is 18.6 Å². The summed E-state index contributed by atoms with van der Waals surface area (Å²) in [5, 5.41) is 7.07. The van der Waals surface area contributed by atoms with Gasteiger partial charge in [-0.25, -0.2) is 0 Å². The fourth-order valence-corrected chi connectivity index (χ4v) is 4.71. The zero-order valence-electron chi connectivity index (χ0n) is 12.4. The summed E-state index contributed by atoms with van der Waals surface area (Å²) in [5.41, 5.74) is 2.23. The van der Waals surface area contributed by atoms with Gasteiger partial charge >= 0.3 is 0 Å². The van der Waals surface area contributed by atoms with Gasteiger partial charge in [0.1, 0.15) is 5.69 Å². The minimum Gasteiger partial charge on any atom is -0.378 e. The lowest BCUT2D eigenvalue weighted by atomic mass is 10.1. The summed E-state index contributed by atoms with van der Waals surface area (Å²) in [5.74, 6) is -0.155. The number of morpholine rings is 1. The number of hydrogen-bond acceptors (Lipinski definition) is 5. The van der Waals surface area contributed by atoms with Gasteiger partial charge in [-0.3, -0.25) is 19.0 Å². The molecule has 2 aliphatic heterocycles. The Balaban J connectivity index is 1.78. The zero-order chi connectivity index (χ0) is 16.0. The highest BCUT2D eigenvalue weighted by Crippen LogP contribution is 2.59. The van der Waals surface area contributed by atoms with Crippen LogP contribution in [-0.2, 0) is 10.5 Å². The molecular formula is C15H17N3O4S. The number of rotatable bonds is 1. The zero-order valence-corrected chi connectivity index (χ0v) is 13.2. The van der Waals surface area contributed by atoms with E-state index in [0.29, 0.717) is 53.7 Å². The maximum Gasteiger partial charge on any atom is 0.272 e. The standard InChI is InChI=1S/C15H17N3O4S/c19-15(18-5-7-22-8-6-18)14-11-9-23(20,21)12-4-2-1-3-10(12)13(11)16-17-14/h1-4,20-21H,5-9H2,(H,16,17). The summed E-state index contributed by atoms with van der Waals surface area (Å²) < 4.78 is 26.2. The third-order valence-electron chi connectivity index (χ3n) is 4.22. The highest BCUT2D eigenvalue weighted by molar-refractivity contribution is 8.23. The van der Waals surface area contributed by atoms with Crippen molar-refractivity contribution in [2.75, 3.05) is 26.3 Å². The molecule has 1 fully saturated rings. The highest BCUT2D eigenvalue weighted by Gasteiger charge is 2.35. The lowest BCUT2D eigenvalue weighted by Crippen LogP contribution is -2.41. The summed E-state index contributed by atoms with van der Waals surface area (Å²) in [6, 6.07) is 7.09. The Morgan fingerprint density at radius 1 is 1.26 bits per heavy atom. The number of benzene rings is 1. The van der Waals surface area contributed by atoms with Crippen LogP contribution in [-0.4, -0.2) is 56.4 Å². The maximum atomic E-state index is 12.7. The Bertz CT molecular complexity index is 768. The Hall–Kier alpha value is -1.87. The predicted molar refractivity (Wildman–Crippen MR) is 85.6 cm³/mol. The Labute approximate surface area is 134 Å². The van der Waals surface area contributed by atoms with E-state index < -0.39 is 10.6 Å². The first kappa shape index (κ1) is 14.7. The van der Waals surface area contributed by atoms with E-state index in [9.17, 15) is 13.9 Å². The molecule has 1 saturated heterocycles. The first-order valence-electron chi connectivity index (χ1n) is 7.37. The molecule has 1 aromatic carbocycles. The summed E-state index contributed by atoms with van der Waals surface area (Å²) in [4.78, 5) is 14.9. The van der Waals surface area contributed by atoms with Gasteiger partial charge in [-0.1, -0.05) is 18.2 Å². The van der Waals surface area contributed by atoms with Gasteiger partial charge in [-0.05, 0) is 6.07 Å². The second-order valence-electron chi connectivity index (χ2n) is 5.64. The van der Waals surface area contributed by atoms with Crippen molar-refractivity contribution in [3.63, 3.8) is 0 Å². The van der Waals surface area contributed by atoms with E-state index in [0.717, 1.165) is 0 Å². The van der Waals surface area contributed by atoms with Crippen LogP contribution in [0.4, 0.5) is 0 Å². The lowest BCUT2D eigenvalue weighted by molar-refractivity contribution is 0.0298. The molecule has 0 unspecified atom stereocenters. The number of carbonyl (C=O) groups excluding carboxylic acids is 1. The third kappa shape index (κ3) is 2.34. The van der Waals surface area contributed by atoms with Crippen molar-refractivity contribution in [3.05, 3.63) is 35.5 Å². The smallest absolute Gasteiger partial charge is 0.272 e. The molecule has 3 heterocycles. The number of H-pyrrole nitrogens is 1. The van der Waals surface area contributed by atoms with E-state index in [4.69, 9.17) is 4.74 Å². The summed E-state index contributed by atoms with van der Waals surface area (Å²) >= 11 is 0. The molecule has 0 aliphatic carbocycles. The van der Waals surface area contributed by atoms with Gasteiger partial charge in [0.05, 0.1) is 29.6 Å². The minimum atomic E-state index is -2.97. The van der Waals surface area contributed by atoms with Crippen LogP contribution in [0.1, 0.15) is 16.1 Å². The van der Waals surface area contributed by atoms with Crippen LogP contribution in [0.5, 0.6) is 0 Å². The number of aromatic amines is 1. The quantitative estimate of drug-likeness (QED) is 0.742. The van der Waals surface area contributed by atoms with Gasteiger partial charge in [-0.15, -0.1) is 0 Å². The van der Waals surface area contributed by atoms with Crippen LogP contribution in [0.15, 0.2) is 29.2 Å². The summed E-state index contributed by atoms with van der Waals surface area (Å²) in [6.07, 6.45) is 0. The number of nitrogens with one attached hydrogen (secondary N) is 1. The van der Waals surface area contributed by atoms with Crippen LogP contribution in [0.3, 0.4) is 0 Å². The lowest BCUT2D eigenvalue weighted by Gasteiger charge is -2.37. The molecule has 0 saturated carbocycles. The van der Waals surface area contributed by atoms with E-state index in [-0.39, 0.29) is 11.7 Å². The number of hydrogen-bond donors (Lipinski definition) is 3. The second kappa shape index (κ2) is 5.34. The number of nitrogens with zero attached hydrogens (tertiary/aromatic N) is 2. The van der Waals surface area contributed by atoms with Crippen LogP contribution in [0, 0.1) is 0 Å². The number of ether oxygens (including phenoxy) is 1. The summed E-state index contributed by atoms with van der Waals surface area (Å²) in [6.45, 7) is 2.08. The molecule has 7 nitrogen and oxygen atoms in total. The number of aromatic nitrogens is 2. The Kier molecular flexibility index (Phi) is 3.42. The molecule has 0 bridgehead atoms. The van der Waals surface area contributed by atoms with Crippen molar-refractivity contribution in [1.82, 2.24) is 15.1 Å². The average Bonchev–Trinajstić information content (AvgIpc) is 2.98. The molecule has 0 radical (unpaired) electrons. The molecule has 0 atom stereocenters. The van der Waals surface area contributed by atoms with Crippen molar-refractivity contribution in [2.24, 2.45) is 0 Å². The molecular weight excluding hydrogens is 318 g/mol. The average molecular weight is 335 g/mol. The molecule has 1 amide bonds. The predicted octanol–water partition coefficient (Wildman–Crippen LogP) is 2.17.